The number of rotatable bonds is 2. The number of carbonyl (C=O) groups excluding carboxylic acids is 1. The van der Waals surface area contributed by atoms with Crippen LogP contribution in [0.1, 0.15) is 10.5 Å². The number of aromatic nitrogens is 2. The Morgan fingerprint density at radius 2 is 2.06 bits per heavy atom. The predicted octanol–water partition coefficient (Wildman–Crippen LogP) is 2.77. The van der Waals surface area contributed by atoms with Crippen LogP contribution < -0.4 is 5.32 Å². The van der Waals surface area contributed by atoms with Crippen molar-refractivity contribution >= 4 is 27.5 Å². The fraction of sp³-hybridized carbons (Fsp3) is 0. The molecule has 0 spiro atoms. The number of nitrogens with zero attached hydrogens (tertiary/aromatic N) is 2. The van der Waals surface area contributed by atoms with Crippen LogP contribution in [0.5, 0.6) is 0 Å². The first kappa shape index (κ1) is 12.6. The molecule has 1 N–H and O–H groups in total. The fourth-order valence-corrected chi connectivity index (χ4v) is 1.67. The minimum Gasteiger partial charge on any atom is -0.317 e. The van der Waals surface area contributed by atoms with Crippen molar-refractivity contribution in [3.63, 3.8) is 0 Å². The summed E-state index contributed by atoms with van der Waals surface area (Å²) in [6.45, 7) is 0. The zero-order valence-electron chi connectivity index (χ0n) is 8.82. The summed E-state index contributed by atoms with van der Waals surface area (Å²) in [4.78, 5) is 18.6. The monoisotopic (exact) mass is 313 g/mol. The molecule has 2 aromatic rings. The third kappa shape index (κ3) is 2.67. The summed E-state index contributed by atoms with van der Waals surface area (Å²) in [7, 11) is 0. The van der Waals surface area contributed by atoms with Crippen molar-refractivity contribution < 1.29 is 13.6 Å². The number of carbonyl (C=O) groups is 1. The molecule has 0 saturated carbocycles. The van der Waals surface area contributed by atoms with Crippen molar-refractivity contribution in [3.05, 3.63) is 52.5 Å². The lowest BCUT2D eigenvalue weighted by Gasteiger charge is -2.06. The van der Waals surface area contributed by atoms with E-state index < -0.39 is 17.8 Å². The Morgan fingerprint density at radius 3 is 2.72 bits per heavy atom. The van der Waals surface area contributed by atoms with Gasteiger partial charge in [0.2, 0.25) is 11.9 Å². The molecule has 18 heavy (non-hydrogen) atoms. The van der Waals surface area contributed by atoms with Crippen LogP contribution in [-0.4, -0.2) is 15.9 Å². The number of amides is 1. The number of hydrogen-bond donors (Lipinski definition) is 1. The lowest BCUT2D eigenvalue weighted by atomic mass is 10.3. The van der Waals surface area contributed by atoms with E-state index in [-0.39, 0.29) is 11.4 Å². The normalized spacial score (nSPS) is 10.2. The standard InChI is InChI=1S/C11H6BrF2N3O/c12-6-2-1-5-15-9(6)11(18)16-7-3-4-8(13)17-10(7)14/h1-5H,(H,16,18). The van der Waals surface area contributed by atoms with Crippen LogP contribution in [0.15, 0.2) is 34.9 Å². The first-order valence-electron chi connectivity index (χ1n) is 4.82. The molecule has 1 amide bonds. The van der Waals surface area contributed by atoms with E-state index in [1.807, 2.05) is 0 Å². The molecule has 2 aromatic heterocycles. The van der Waals surface area contributed by atoms with Crippen molar-refractivity contribution in [2.45, 2.75) is 0 Å². The van der Waals surface area contributed by atoms with Gasteiger partial charge in [-0.3, -0.25) is 4.79 Å². The Labute approximate surface area is 109 Å². The van der Waals surface area contributed by atoms with Gasteiger partial charge in [0.25, 0.3) is 5.91 Å². The van der Waals surface area contributed by atoms with Gasteiger partial charge in [-0.2, -0.15) is 13.8 Å². The van der Waals surface area contributed by atoms with Crippen LogP contribution in [-0.2, 0) is 0 Å². The number of nitrogens with one attached hydrogen (secondary N) is 1. The van der Waals surface area contributed by atoms with Crippen molar-refractivity contribution in [2.75, 3.05) is 5.32 Å². The van der Waals surface area contributed by atoms with E-state index in [0.29, 0.717) is 4.47 Å². The molecule has 0 radical (unpaired) electrons. The second-order valence-corrected chi connectivity index (χ2v) is 4.11. The molecule has 0 aromatic carbocycles. The van der Waals surface area contributed by atoms with Gasteiger partial charge in [0, 0.05) is 10.7 Å². The van der Waals surface area contributed by atoms with Crippen LogP contribution in [0.25, 0.3) is 0 Å². The van der Waals surface area contributed by atoms with E-state index in [9.17, 15) is 13.6 Å². The van der Waals surface area contributed by atoms with Gasteiger partial charge in [-0.1, -0.05) is 0 Å². The average molecular weight is 314 g/mol. The zero-order valence-corrected chi connectivity index (χ0v) is 10.4. The molecule has 0 unspecified atom stereocenters. The maximum Gasteiger partial charge on any atom is 0.275 e. The van der Waals surface area contributed by atoms with Crippen molar-refractivity contribution in [2.24, 2.45) is 0 Å². The minimum absolute atomic E-state index is 0.0984. The van der Waals surface area contributed by atoms with Gasteiger partial charge >= 0.3 is 0 Å². The first-order chi connectivity index (χ1) is 8.58. The zero-order chi connectivity index (χ0) is 13.1. The van der Waals surface area contributed by atoms with Gasteiger partial charge in [0.1, 0.15) is 5.69 Å². The highest BCUT2D eigenvalue weighted by Gasteiger charge is 2.14. The van der Waals surface area contributed by atoms with E-state index in [1.165, 1.54) is 6.20 Å². The largest absolute Gasteiger partial charge is 0.317 e. The van der Waals surface area contributed by atoms with Gasteiger partial charge in [-0.15, -0.1) is 0 Å². The van der Waals surface area contributed by atoms with Crippen LogP contribution in [0.2, 0.25) is 0 Å². The quantitative estimate of drug-likeness (QED) is 0.867. The Bertz CT molecular complexity index is 607. The van der Waals surface area contributed by atoms with E-state index in [2.05, 4.69) is 31.2 Å². The van der Waals surface area contributed by atoms with Gasteiger partial charge in [0.05, 0.1) is 5.69 Å². The highest BCUT2D eigenvalue weighted by molar-refractivity contribution is 9.10. The molecule has 0 fully saturated rings. The second-order valence-electron chi connectivity index (χ2n) is 3.26. The highest BCUT2D eigenvalue weighted by atomic mass is 79.9. The second kappa shape index (κ2) is 5.18. The third-order valence-corrected chi connectivity index (χ3v) is 2.68. The molecular formula is C11H6BrF2N3O. The smallest absolute Gasteiger partial charge is 0.275 e. The van der Waals surface area contributed by atoms with Crippen LogP contribution in [0, 0.1) is 11.9 Å². The molecule has 0 atom stereocenters. The summed E-state index contributed by atoms with van der Waals surface area (Å²) in [6.07, 6.45) is 1.43. The summed E-state index contributed by atoms with van der Waals surface area (Å²) in [5.41, 5.74) is -0.111. The Balaban J connectivity index is 2.24. The summed E-state index contributed by atoms with van der Waals surface area (Å²) in [5.74, 6) is -2.66. The average Bonchev–Trinajstić information content (AvgIpc) is 2.33. The van der Waals surface area contributed by atoms with Gasteiger partial charge in [0.15, 0.2) is 0 Å². The topological polar surface area (TPSA) is 54.9 Å². The molecule has 2 rings (SSSR count). The van der Waals surface area contributed by atoms with E-state index in [1.54, 1.807) is 12.1 Å². The summed E-state index contributed by atoms with van der Waals surface area (Å²) < 4.78 is 26.3. The summed E-state index contributed by atoms with van der Waals surface area (Å²) in [6, 6.07) is 5.31. The molecule has 0 bridgehead atoms. The number of hydrogen-bond acceptors (Lipinski definition) is 3. The number of pyridine rings is 2. The summed E-state index contributed by atoms with van der Waals surface area (Å²) >= 11 is 3.15. The first-order valence-corrected chi connectivity index (χ1v) is 5.61. The Hall–Kier alpha value is -1.89. The maximum atomic E-state index is 13.2. The van der Waals surface area contributed by atoms with Crippen LogP contribution in [0.4, 0.5) is 14.5 Å². The van der Waals surface area contributed by atoms with Crippen LogP contribution >= 0.6 is 15.9 Å². The summed E-state index contributed by atoms with van der Waals surface area (Å²) in [5, 5.41) is 2.26. The van der Waals surface area contributed by atoms with Crippen LogP contribution in [0.3, 0.4) is 0 Å². The SMILES string of the molecule is O=C(Nc1ccc(F)nc1F)c1ncccc1Br. The van der Waals surface area contributed by atoms with Crippen molar-refractivity contribution in [3.8, 4) is 0 Å². The fourth-order valence-electron chi connectivity index (χ4n) is 1.24. The molecular weight excluding hydrogens is 308 g/mol. The number of anilines is 1. The van der Waals surface area contributed by atoms with E-state index >= 15 is 0 Å². The predicted molar refractivity (Wildman–Crippen MR) is 64.0 cm³/mol. The molecule has 7 heteroatoms. The molecule has 0 aliphatic rings. The lowest BCUT2D eigenvalue weighted by Crippen LogP contribution is -2.15. The third-order valence-electron chi connectivity index (χ3n) is 2.04. The molecule has 2 heterocycles. The van der Waals surface area contributed by atoms with Gasteiger partial charge in [-0.05, 0) is 40.2 Å². The molecule has 0 aliphatic carbocycles. The van der Waals surface area contributed by atoms with E-state index in [4.69, 9.17) is 0 Å². The molecule has 0 aliphatic heterocycles. The molecule has 4 nitrogen and oxygen atoms in total. The van der Waals surface area contributed by atoms with Gasteiger partial charge < -0.3 is 5.32 Å². The highest BCUT2D eigenvalue weighted by Crippen LogP contribution is 2.17. The Morgan fingerprint density at radius 1 is 1.28 bits per heavy atom. The Kier molecular flexibility index (Phi) is 3.61. The molecule has 0 saturated heterocycles. The lowest BCUT2D eigenvalue weighted by molar-refractivity contribution is 0.102. The van der Waals surface area contributed by atoms with E-state index in [0.717, 1.165) is 12.1 Å². The minimum atomic E-state index is -1.09. The van der Waals surface area contributed by atoms with Crippen molar-refractivity contribution in [1.82, 2.24) is 9.97 Å². The van der Waals surface area contributed by atoms with Gasteiger partial charge in [-0.25, -0.2) is 4.98 Å². The molecule has 92 valence electrons. The van der Waals surface area contributed by atoms with Crippen molar-refractivity contribution in [1.29, 1.82) is 0 Å². The maximum absolute atomic E-state index is 13.2. The number of halogens is 3.